The fourth-order valence-corrected chi connectivity index (χ4v) is 2.75. The second-order valence-electron chi connectivity index (χ2n) is 3.63. The third-order valence-electron chi connectivity index (χ3n) is 2.09. The lowest BCUT2D eigenvalue weighted by molar-refractivity contribution is 0.222. The molecule has 0 unspecified atom stereocenters. The van der Waals surface area contributed by atoms with Gasteiger partial charge >= 0.3 is 7.60 Å². The first-order valence-corrected chi connectivity index (χ1v) is 8.11. The van der Waals surface area contributed by atoms with E-state index in [0.29, 0.717) is 19.4 Å². The van der Waals surface area contributed by atoms with Gasteiger partial charge < -0.3 is 9.05 Å². The molecule has 0 rings (SSSR count). The maximum Gasteiger partial charge on any atom is 0.334 e. The van der Waals surface area contributed by atoms with Gasteiger partial charge in [0.2, 0.25) is 0 Å². The van der Waals surface area contributed by atoms with Gasteiger partial charge in [0.05, 0.1) is 19.4 Å². The Hall–Kier alpha value is -0.370. The molecule has 0 N–H and O–H groups in total. The van der Waals surface area contributed by atoms with Crippen LogP contribution in [0.3, 0.4) is 0 Å². The lowest BCUT2D eigenvalue weighted by Crippen LogP contribution is -1.98. The Bertz CT molecular complexity index is 262. The van der Waals surface area contributed by atoms with Crippen molar-refractivity contribution in [1.82, 2.24) is 0 Å². The lowest BCUT2D eigenvalue weighted by Gasteiger charge is -2.14. The van der Waals surface area contributed by atoms with Crippen LogP contribution in [-0.4, -0.2) is 19.4 Å². The summed E-state index contributed by atoms with van der Waals surface area (Å²) in [6.07, 6.45) is 11.7. The van der Waals surface area contributed by atoms with Gasteiger partial charge in [-0.2, -0.15) is 0 Å². The molecule has 0 saturated carbocycles. The Kier molecular flexibility index (Phi) is 10.5. The summed E-state index contributed by atoms with van der Waals surface area (Å²) < 4.78 is 22.4. The minimum absolute atomic E-state index is 0.340. The van der Waals surface area contributed by atoms with E-state index in [1.54, 1.807) is 0 Å². The fraction of sp³-hybridized carbons (Fsp3) is 0.692. The molecule has 0 atom stereocenters. The zero-order valence-corrected chi connectivity index (χ0v) is 12.1. The molecule has 0 heterocycles. The summed E-state index contributed by atoms with van der Waals surface area (Å²) in [7, 11) is -2.90. The number of hydrogen-bond acceptors (Lipinski definition) is 3. The van der Waals surface area contributed by atoms with Crippen molar-refractivity contribution in [3.63, 3.8) is 0 Å². The van der Waals surface area contributed by atoms with Gasteiger partial charge in [0, 0.05) is 0 Å². The minimum atomic E-state index is -2.90. The maximum absolute atomic E-state index is 12.0. The van der Waals surface area contributed by atoms with Crippen LogP contribution in [-0.2, 0) is 13.6 Å². The predicted octanol–water partition coefficient (Wildman–Crippen LogP) is 4.56. The molecule has 0 aliphatic heterocycles. The molecular formula is C13H25O3P. The maximum atomic E-state index is 12.0. The molecule has 17 heavy (non-hydrogen) atoms. The molecular weight excluding hydrogens is 235 g/mol. The Morgan fingerprint density at radius 2 is 1.59 bits per heavy atom. The molecule has 4 heteroatoms. The normalized spacial score (nSPS) is 12.9. The average Bonchev–Trinajstić information content (AvgIpc) is 2.28. The Labute approximate surface area is 105 Å². The van der Waals surface area contributed by atoms with Crippen molar-refractivity contribution in [3.05, 3.63) is 24.3 Å². The van der Waals surface area contributed by atoms with E-state index in [4.69, 9.17) is 9.05 Å². The van der Waals surface area contributed by atoms with Crippen molar-refractivity contribution in [1.29, 1.82) is 0 Å². The smallest absolute Gasteiger partial charge is 0.309 e. The predicted molar refractivity (Wildman–Crippen MR) is 73.5 cm³/mol. The SMILES string of the molecule is CCCC/C=C/C=C/CP(=O)(OCC)OCC. The van der Waals surface area contributed by atoms with Crippen LogP contribution >= 0.6 is 7.60 Å². The van der Waals surface area contributed by atoms with Crippen LogP contribution in [0.5, 0.6) is 0 Å². The highest BCUT2D eigenvalue weighted by molar-refractivity contribution is 7.54. The van der Waals surface area contributed by atoms with Gasteiger partial charge in [0.15, 0.2) is 0 Å². The summed E-state index contributed by atoms with van der Waals surface area (Å²) in [6.45, 7) is 6.64. The van der Waals surface area contributed by atoms with Crippen LogP contribution in [0.15, 0.2) is 24.3 Å². The van der Waals surface area contributed by atoms with Crippen molar-refractivity contribution < 1.29 is 13.6 Å². The molecule has 0 aromatic rings. The molecule has 0 amide bonds. The third-order valence-corrected chi connectivity index (χ3v) is 4.05. The first kappa shape index (κ1) is 16.6. The van der Waals surface area contributed by atoms with E-state index >= 15 is 0 Å². The monoisotopic (exact) mass is 260 g/mol. The standard InChI is InChI=1S/C13H25O3P/c1-4-7-8-9-10-11-12-13-17(14,15-5-2)16-6-3/h9-12H,4-8,13H2,1-3H3/b10-9+,12-11+. The lowest BCUT2D eigenvalue weighted by atomic mass is 10.2. The fourth-order valence-electron chi connectivity index (χ4n) is 1.30. The molecule has 0 aromatic heterocycles. The summed E-state index contributed by atoms with van der Waals surface area (Å²) in [5, 5.41) is 0. The largest absolute Gasteiger partial charge is 0.334 e. The summed E-state index contributed by atoms with van der Waals surface area (Å²) in [5.41, 5.74) is 0. The van der Waals surface area contributed by atoms with Crippen molar-refractivity contribution in [2.45, 2.75) is 40.0 Å². The highest BCUT2D eigenvalue weighted by atomic mass is 31.2. The van der Waals surface area contributed by atoms with Crippen molar-refractivity contribution >= 4 is 7.60 Å². The minimum Gasteiger partial charge on any atom is -0.309 e. The topological polar surface area (TPSA) is 35.5 Å². The highest BCUT2D eigenvalue weighted by Crippen LogP contribution is 2.47. The second-order valence-corrected chi connectivity index (χ2v) is 5.73. The van der Waals surface area contributed by atoms with Crippen molar-refractivity contribution in [3.8, 4) is 0 Å². The van der Waals surface area contributed by atoms with Crippen LogP contribution in [0.1, 0.15) is 40.0 Å². The molecule has 0 fully saturated rings. The van der Waals surface area contributed by atoms with Crippen molar-refractivity contribution in [2.24, 2.45) is 0 Å². The van der Waals surface area contributed by atoms with Gasteiger partial charge in [-0.15, -0.1) is 0 Å². The van der Waals surface area contributed by atoms with E-state index in [9.17, 15) is 4.57 Å². The van der Waals surface area contributed by atoms with Crippen molar-refractivity contribution in [2.75, 3.05) is 19.4 Å². The van der Waals surface area contributed by atoms with E-state index in [2.05, 4.69) is 13.0 Å². The molecule has 0 spiro atoms. The highest BCUT2D eigenvalue weighted by Gasteiger charge is 2.20. The third kappa shape index (κ3) is 9.34. The van der Waals surface area contributed by atoms with Crippen LogP contribution in [0.25, 0.3) is 0 Å². The van der Waals surface area contributed by atoms with E-state index < -0.39 is 7.60 Å². The molecule has 0 radical (unpaired) electrons. The summed E-state index contributed by atoms with van der Waals surface area (Å²) >= 11 is 0. The molecule has 3 nitrogen and oxygen atoms in total. The summed E-state index contributed by atoms with van der Waals surface area (Å²) in [5.74, 6) is 0. The number of unbranched alkanes of at least 4 members (excludes halogenated alkanes) is 2. The van der Waals surface area contributed by atoms with Crippen LogP contribution in [0.2, 0.25) is 0 Å². The zero-order chi connectivity index (χ0) is 13.0. The summed E-state index contributed by atoms with van der Waals surface area (Å²) in [4.78, 5) is 0. The van der Waals surface area contributed by atoms with Crippen LogP contribution in [0.4, 0.5) is 0 Å². The van der Waals surface area contributed by atoms with E-state index in [1.807, 2.05) is 32.1 Å². The first-order valence-electron chi connectivity index (χ1n) is 6.38. The quantitative estimate of drug-likeness (QED) is 0.328. The summed E-state index contributed by atoms with van der Waals surface area (Å²) in [6, 6.07) is 0. The van der Waals surface area contributed by atoms with Gasteiger partial charge in [0.25, 0.3) is 0 Å². The molecule has 0 aromatic carbocycles. The van der Waals surface area contributed by atoms with E-state index in [0.717, 1.165) is 6.42 Å². The second kappa shape index (κ2) is 10.8. The number of rotatable bonds is 10. The molecule has 0 bridgehead atoms. The molecule has 100 valence electrons. The molecule has 0 aliphatic rings. The van der Waals surface area contributed by atoms with Crippen LogP contribution in [0, 0.1) is 0 Å². The Morgan fingerprint density at radius 3 is 2.12 bits per heavy atom. The van der Waals surface area contributed by atoms with E-state index in [-0.39, 0.29) is 0 Å². The van der Waals surface area contributed by atoms with Gasteiger partial charge in [-0.3, -0.25) is 4.57 Å². The number of allylic oxidation sites excluding steroid dienone is 4. The van der Waals surface area contributed by atoms with Gasteiger partial charge in [-0.1, -0.05) is 44.1 Å². The van der Waals surface area contributed by atoms with Gasteiger partial charge in [-0.05, 0) is 20.3 Å². The zero-order valence-electron chi connectivity index (χ0n) is 11.2. The Balaban J connectivity index is 3.99. The average molecular weight is 260 g/mol. The van der Waals surface area contributed by atoms with E-state index in [1.165, 1.54) is 12.8 Å². The molecule has 0 aliphatic carbocycles. The van der Waals surface area contributed by atoms with Gasteiger partial charge in [0.1, 0.15) is 0 Å². The molecule has 0 saturated heterocycles. The number of hydrogen-bond donors (Lipinski definition) is 0. The first-order chi connectivity index (χ1) is 8.18. The Morgan fingerprint density at radius 1 is 1.00 bits per heavy atom. The van der Waals surface area contributed by atoms with Gasteiger partial charge in [-0.25, -0.2) is 0 Å². The van der Waals surface area contributed by atoms with Crippen LogP contribution < -0.4 is 0 Å².